The number of anilines is 1. The normalized spacial score (nSPS) is 10.6. The molecule has 0 aliphatic rings. The zero-order chi connectivity index (χ0) is 13.2. The number of nitrogens with two attached hydrogens (primary N) is 1. The molecule has 1 aromatic heterocycles. The first-order chi connectivity index (χ1) is 8.47. The second kappa shape index (κ2) is 6.33. The van der Waals surface area contributed by atoms with Crippen LogP contribution >= 0.6 is 0 Å². The summed E-state index contributed by atoms with van der Waals surface area (Å²) >= 11 is 0. The van der Waals surface area contributed by atoms with Crippen LogP contribution in [0.15, 0.2) is 41.6 Å². The molecule has 1 aromatic carbocycles. The minimum absolute atomic E-state index is 0. The van der Waals surface area contributed by atoms with Crippen LogP contribution in [0, 0.1) is 6.92 Å². The molecule has 8 heteroatoms. The van der Waals surface area contributed by atoms with Gasteiger partial charge >= 0.3 is 29.6 Å². The van der Waals surface area contributed by atoms with Crippen LogP contribution in [-0.2, 0) is 10.0 Å². The average Bonchev–Trinajstić information content (AvgIpc) is 2.32. The summed E-state index contributed by atoms with van der Waals surface area (Å²) in [5, 5.41) is 0. The van der Waals surface area contributed by atoms with E-state index in [1.807, 2.05) is 0 Å². The second-order valence-corrected chi connectivity index (χ2v) is 5.30. The van der Waals surface area contributed by atoms with Crippen molar-refractivity contribution in [3.8, 4) is 0 Å². The Morgan fingerprint density at radius 1 is 1.11 bits per heavy atom. The third kappa shape index (κ3) is 4.17. The predicted molar refractivity (Wildman–Crippen MR) is 67.8 cm³/mol. The molecule has 0 amide bonds. The fraction of sp³-hybridized carbons (Fsp3) is 0.0909. The number of aromatic nitrogens is 2. The van der Waals surface area contributed by atoms with E-state index in [9.17, 15) is 8.42 Å². The first-order valence-electron chi connectivity index (χ1n) is 5.09. The molecule has 1 heterocycles. The Morgan fingerprint density at radius 3 is 2.16 bits per heavy atom. The molecule has 0 unspecified atom stereocenters. The van der Waals surface area contributed by atoms with Crippen molar-refractivity contribution in [3.05, 3.63) is 46.9 Å². The third-order valence-electron chi connectivity index (χ3n) is 2.15. The average molecular weight is 286 g/mol. The summed E-state index contributed by atoms with van der Waals surface area (Å²) in [4.78, 5) is 7.71. The molecule has 2 rings (SSSR count). The van der Waals surface area contributed by atoms with E-state index in [2.05, 4.69) is 14.7 Å². The fourth-order valence-electron chi connectivity index (χ4n) is 1.23. The maximum absolute atomic E-state index is 11.9. The Kier molecular flexibility index (Phi) is 5.30. The topological polar surface area (TPSA) is 100 Å². The zero-order valence-corrected chi connectivity index (χ0v) is 13.4. The predicted octanol–water partition coefficient (Wildman–Crippen LogP) is -1.23. The molecule has 2 N–H and O–H groups in total. The molecule has 2 aromatic rings. The van der Waals surface area contributed by atoms with Crippen LogP contribution < -0.4 is 35.3 Å². The van der Waals surface area contributed by atoms with Crippen LogP contribution in [0.4, 0.5) is 11.6 Å². The van der Waals surface area contributed by atoms with E-state index >= 15 is 0 Å². The van der Waals surface area contributed by atoms with Gasteiger partial charge in [-0.15, -0.1) is 0 Å². The molecule has 0 saturated heterocycles. The monoisotopic (exact) mass is 286 g/mol. The largest absolute Gasteiger partial charge is 1.00 e. The summed E-state index contributed by atoms with van der Waals surface area (Å²) in [6.45, 7) is 1.80. The van der Waals surface area contributed by atoms with Gasteiger partial charge in [-0.05, 0) is 49.1 Å². The summed E-state index contributed by atoms with van der Waals surface area (Å²) in [5.74, 6) is -0.0857. The molecule has 19 heavy (non-hydrogen) atoms. The first kappa shape index (κ1) is 15.9. The Labute approximate surface area is 133 Å². The number of nitrogens with zero attached hydrogens (tertiary/aromatic N) is 3. The standard InChI is InChI=1S/C11H11N4O2S.Na/c1-8-6-13-11(14-7-8)15-18(16,17)10-4-2-9(12)3-5-10;/h2-7H,12H2,1H3;/q-1;+1. The van der Waals surface area contributed by atoms with Gasteiger partial charge in [0.05, 0.1) is 4.90 Å². The smallest absolute Gasteiger partial charge is 0.399 e. The SMILES string of the molecule is Cc1cnc([N-]S(=O)(=O)c2ccc(N)cc2)nc1.[Na+]. The van der Waals surface area contributed by atoms with Crippen molar-refractivity contribution in [2.75, 3.05) is 5.73 Å². The Bertz CT molecular complexity index is 641. The van der Waals surface area contributed by atoms with E-state index < -0.39 is 10.0 Å². The van der Waals surface area contributed by atoms with Crippen LogP contribution in [0.2, 0.25) is 0 Å². The molecule has 0 aliphatic heterocycles. The van der Waals surface area contributed by atoms with Gasteiger partial charge in [-0.1, -0.05) is 0 Å². The van der Waals surface area contributed by atoms with Crippen molar-refractivity contribution in [2.45, 2.75) is 11.8 Å². The molecule has 0 fully saturated rings. The number of hydrogen-bond donors (Lipinski definition) is 1. The van der Waals surface area contributed by atoms with Crippen molar-refractivity contribution >= 4 is 21.7 Å². The van der Waals surface area contributed by atoms with Crippen LogP contribution in [0.1, 0.15) is 5.56 Å². The molecular weight excluding hydrogens is 275 g/mol. The number of rotatable bonds is 3. The van der Waals surface area contributed by atoms with Gasteiger partial charge in [-0.25, -0.2) is 8.42 Å². The molecule has 94 valence electrons. The van der Waals surface area contributed by atoms with Crippen LogP contribution in [-0.4, -0.2) is 18.4 Å². The van der Waals surface area contributed by atoms with Crippen molar-refractivity contribution in [1.29, 1.82) is 0 Å². The number of sulfonamides is 1. The fourth-order valence-corrected chi connectivity index (χ4v) is 2.13. The molecule has 0 aliphatic carbocycles. The van der Waals surface area contributed by atoms with E-state index in [1.165, 1.54) is 36.7 Å². The van der Waals surface area contributed by atoms with E-state index in [0.717, 1.165) is 5.56 Å². The maximum Gasteiger partial charge on any atom is 1.00 e. The van der Waals surface area contributed by atoms with E-state index in [4.69, 9.17) is 5.73 Å². The summed E-state index contributed by atoms with van der Waals surface area (Å²) in [5.41, 5.74) is 6.81. The van der Waals surface area contributed by atoms with Gasteiger partial charge in [0, 0.05) is 11.6 Å². The Hall–Kier alpha value is -1.15. The molecule has 6 nitrogen and oxygen atoms in total. The molecular formula is C11H11N4NaO2S. The van der Waals surface area contributed by atoms with Gasteiger partial charge in [0.25, 0.3) is 0 Å². The van der Waals surface area contributed by atoms with E-state index in [0.29, 0.717) is 5.69 Å². The number of nitrogen functional groups attached to an aromatic ring is 1. The second-order valence-electron chi connectivity index (χ2n) is 3.70. The minimum atomic E-state index is -3.80. The van der Waals surface area contributed by atoms with Crippen LogP contribution in [0.25, 0.3) is 4.72 Å². The van der Waals surface area contributed by atoms with Crippen molar-refractivity contribution in [1.82, 2.24) is 9.97 Å². The van der Waals surface area contributed by atoms with Gasteiger partial charge in [0.15, 0.2) is 0 Å². The third-order valence-corrected chi connectivity index (χ3v) is 3.42. The minimum Gasteiger partial charge on any atom is -0.399 e. The quantitative estimate of drug-likeness (QED) is 0.562. The van der Waals surface area contributed by atoms with E-state index in [1.54, 1.807) is 6.92 Å². The van der Waals surface area contributed by atoms with Gasteiger partial charge in [-0.2, -0.15) is 0 Å². The number of aryl methyl sites for hydroxylation is 1. The number of hydrogen-bond acceptors (Lipinski definition) is 5. The summed E-state index contributed by atoms with van der Waals surface area (Å²) in [6, 6.07) is 5.78. The van der Waals surface area contributed by atoms with Gasteiger partial charge < -0.3 is 15.7 Å². The maximum atomic E-state index is 11.9. The van der Waals surface area contributed by atoms with Crippen molar-refractivity contribution in [2.24, 2.45) is 0 Å². The Morgan fingerprint density at radius 2 is 1.63 bits per heavy atom. The Balaban J connectivity index is 0.00000180. The number of benzene rings is 1. The molecule has 0 radical (unpaired) electrons. The van der Waals surface area contributed by atoms with Gasteiger partial charge in [-0.3, -0.25) is 4.72 Å². The van der Waals surface area contributed by atoms with Crippen LogP contribution in [0.5, 0.6) is 0 Å². The van der Waals surface area contributed by atoms with E-state index in [-0.39, 0.29) is 40.4 Å². The molecule has 0 spiro atoms. The van der Waals surface area contributed by atoms with Crippen LogP contribution in [0.3, 0.4) is 0 Å². The molecule has 0 bridgehead atoms. The zero-order valence-electron chi connectivity index (χ0n) is 10.6. The van der Waals surface area contributed by atoms with Crippen molar-refractivity contribution in [3.63, 3.8) is 0 Å². The molecule has 0 saturated carbocycles. The summed E-state index contributed by atoms with van der Waals surface area (Å²) in [7, 11) is -3.80. The van der Waals surface area contributed by atoms with Gasteiger partial charge in [0.2, 0.25) is 10.0 Å². The first-order valence-corrected chi connectivity index (χ1v) is 6.53. The summed E-state index contributed by atoms with van der Waals surface area (Å²) < 4.78 is 27.4. The van der Waals surface area contributed by atoms with Crippen molar-refractivity contribution < 1.29 is 38.0 Å². The van der Waals surface area contributed by atoms with Gasteiger partial charge in [0.1, 0.15) is 0 Å². The molecule has 0 atom stereocenters. The summed E-state index contributed by atoms with van der Waals surface area (Å²) in [6.07, 6.45) is 3.01.